The lowest BCUT2D eigenvalue weighted by molar-refractivity contribution is -0.171. The van der Waals surface area contributed by atoms with Crippen LogP contribution in [0.1, 0.15) is 107 Å². The summed E-state index contributed by atoms with van der Waals surface area (Å²) in [5.74, 6) is 0.940. The molecule has 0 radical (unpaired) electrons. The zero-order valence-corrected chi connectivity index (χ0v) is 23.3. The zero-order chi connectivity index (χ0) is 25.8. The normalized spacial score (nSPS) is 47.8. The second kappa shape index (κ2) is 7.20. The van der Waals surface area contributed by atoms with Crippen LogP contribution in [0.4, 0.5) is 0 Å². The molecule has 5 aliphatic carbocycles. The first-order chi connectivity index (χ1) is 16.1. The number of carbonyl (C=O) groups is 2. The Labute approximate surface area is 213 Å². The van der Waals surface area contributed by atoms with E-state index in [1.165, 1.54) is 31.3 Å². The predicted octanol–water partition coefficient (Wildman–Crippen LogP) is 7.97. The number of hydrogen-bond donors (Lipinski definition) is 0. The minimum atomic E-state index is -0.594. The van der Waals surface area contributed by atoms with Crippen LogP contribution in [0, 0.1) is 56.8 Å². The molecule has 35 heavy (non-hydrogen) atoms. The Morgan fingerprint density at radius 3 is 2.26 bits per heavy atom. The van der Waals surface area contributed by atoms with Crippen molar-refractivity contribution < 1.29 is 9.59 Å². The number of carbonyl (C=O) groups excluding carboxylic acids is 2. The van der Waals surface area contributed by atoms with Crippen molar-refractivity contribution in [2.45, 2.75) is 107 Å². The highest BCUT2D eigenvalue weighted by molar-refractivity contribution is 6.03. The van der Waals surface area contributed by atoms with E-state index < -0.39 is 10.8 Å². The summed E-state index contributed by atoms with van der Waals surface area (Å²) in [4.78, 5) is 31.2. The van der Waals surface area contributed by atoms with Crippen molar-refractivity contribution in [3.63, 3.8) is 0 Å². The molecule has 0 saturated heterocycles. The Balaban J connectivity index is 1.70. The minimum Gasteiger partial charge on any atom is -0.307 e. The molecule has 3 fully saturated rings. The first kappa shape index (κ1) is 25.0. The highest BCUT2D eigenvalue weighted by Gasteiger charge is 2.69. The lowest BCUT2D eigenvalue weighted by Gasteiger charge is -2.69. The molecule has 3 saturated carbocycles. The Hall–Kier alpha value is -1.69. The summed E-state index contributed by atoms with van der Waals surface area (Å²) < 4.78 is 0. The molecule has 3 heteroatoms. The summed E-state index contributed by atoms with van der Waals surface area (Å²) in [6.07, 6.45) is 13.1. The standard InChI is InChI=1S/C32H45NO2/c1-10-32-15-13-27(2,3)18-20(32)25-22(34)17-24-29(6)19-21(33-9)26(35)28(4,5)23(29)11-12-30(24,7)31(25,8)14-16-32/h17,19-20,23,25H,10-16,18H2,1-8H3/t20?,23-,25?,29-,30+,31+,32+/m0/s1. The Bertz CT molecular complexity index is 1100. The first-order valence-corrected chi connectivity index (χ1v) is 14.0. The van der Waals surface area contributed by atoms with Gasteiger partial charge in [0.25, 0.3) is 0 Å². The molecule has 7 atom stereocenters. The Kier molecular flexibility index (Phi) is 5.14. The van der Waals surface area contributed by atoms with E-state index in [-0.39, 0.29) is 39.6 Å². The third kappa shape index (κ3) is 2.95. The molecule has 5 aliphatic rings. The van der Waals surface area contributed by atoms with Crippen molar-refractivity contribution in [3.05, 3.63) is 34.8 Å². The van der Waals surface area contributed by atoms with Crippen molar-refractivity contribution in [1.82, 2.24) is 0 Å². The van der Waals surface area contributed by atoms with Crippen LogP contribution in [0.2, 0.25) is 0 Å². The highest BCUT2D eigenvalue weighted by Crippen LogP contribution is 2.74. The number of fused-ring (bicyclic) bond motifs is 7. The van der Waals surface area contributed by atoms with Gasteiger partial charge < -0.3 is 4.79 Å². The van der Waals surface area contributed by atoms with Gasteiger partial charge >= 0.3 is 0 Å². The summed E-state index contributed by atoms with van der Waals surface area (Å²) in [6.45, 7) is 26.0. The van der Waals surface area contributed by atoms with Gasteiger partial charge in [0.15, 0.2) is 11.6 Å². The van der Waals surface area contributed by atoms with Crippen LogP contribution in [0.15, 0.2) is 23.4 Å². The van der Waals surface area contributed by atoms with Gasteiger partial charge in [-0.15, -0.1) is 0 Å². The van der Waals surface area contributed by atoms with Crippen molar-refractivity contribution in [1.29, 1.82) is 0 Å². The van der Waals surface area contributed by atoms with E-state index in [9.17, 15) is 9.59 Å². The van der Waals surface area contributed by atoms with E-state index >= 15 is 0 Å². The minimum absolute atomic E-state index is 0.0276. The summed E-state index contributed by atoms with van der Waals surface area (Å²) in [6, 6.07) is 0. The van der Waals surface area contributed by atoms with E-state index in [0.29, 0.717) is 17.1 Å². The quantitative estimate of drug-likeness (QED) is 0.361. The average Bonchev–Trinajstić information content (AvgIpc) is 2.77. The van der Waals surface area contributed by atoms with Crippen molar-refractivity contribution in [3.8, 4) is 0 Å². The molecule has 0 aromatic heterocycles. The first-order valence-electron chi connectivity index (χ1n) is 14.0. The predicted molar refractivity (Wildman–Crippen MR) is 140 cm³/mol. The molecular weight excluding hydrogens is 430 g/mol. The van der Waals surface area contributed by atoms with E-state index in [1.807, 2.05) is 26.0 Å². The molecule has 0 aromatic rings. The molecule has 0 amide bonds. The monoisotopic (exact) mass is 475 g/mol. The van der Waals surface area contributed by atoms with E-state index in [4.69, 9.17) is 6.57 Å². The maximum Gasteiger partial charge on any atom is 0.226 e. The second-order valence-electron chi connectivity index (χ2n) is 14.9. The zero-order valence-electron chi connectivity index (χ0n) is 23.3. The average molecular weight is 476 g/mol. The van der Waals surface area contributed by atoms with Crippen molar-refractivity contribution in [2.75, 3.05) is 0 Å². The number of Topliss-reactive ketones (excluding diaryl/α,β-unsaturated/α-hetero) is 1. The van der Waals surface area contributed by atoms with Gasteiger partial charge in [-0.2, -0.15) is 0 Å². The van der Waals surface area contributed by atoms with Crippen LogP contribution in [-0.4, -0.2) is 11.6 Å². The van der Waals surface area contributed by atoms with Crippen LogP contribution in [0.25, 0.3) is 4.85 Å². The molecule has 0 heterocycles. The van der Waals surface area contributed by atoms with Gasteiger partial charge in [0.2, 0.25) is 5.70 Å². The van der Waals surface area contributed by atoms with Crippen LogP contribution < -0.4 is 0 Å². The molecule has 2 unspecified atom stereocenters. The van der Waals surface area contributed by atoms with Crippen LogP contribution in [0.3, 0.4) is 0 Å². The number of ketones is 2. The van der Waals surface area contributed by atoms with E-state index in [0.717, 1.165) is 25.7 Å². The third-order valence-corrected chi connectivity index (χ3v) is 12.7. The maximum atomic E-state index is 14.3. The summed E-state index contributed by atoms with van der Waals surface area (Å²) in [5, 5.41) is 0. The SMILES string of the molecule is [C-]#[N+]C1=C[C@]2(C)C3=CC(=O)C4C5CC(C)(C)CC[C@]5(CC)CC[C@@]4(C)[C@]3(C)CC[C@H]2C(C)(C)C1=O. The number of allylic oxidation sites excluding steroid dienone is 4. The molecule has 0 N–H and O–H groups in total. The van der Waals surface area contributed by atoms with Gasteiger partial charge in [0.05, 0.1) is 6.57 Å². The Morgan fingerprint density at radius 2 is 1.63 bits per heavy atom. The number of rotatable bonds is 1. The fourth-order valence-electron chi connectivity index (χ4n) is 10.3. The summed E-state index contributed by atoms with van der Waals surface area (Å²) in [5.41, 5.74) is 0.858. The molecule has 0 aliphatic heterocycles. The summed E-state index contributed by atoms with van der Waals surface area (Å²) >= 11 is 0. The second-order valence-corrected chi connectivity index (χ2v) is 14.9. The van der Waals surface area contributed by atoms with Crippen molar-refractivity contribution in [2.24, 2.45) is 50.2 Å². The van der Waals surface area contributed by atoms with Gasteiger partial charge in [0, 0.05) is 16.7 Å². The van der Waals surface area contributed by atoms with E-state index in [2.05, 4.69) is 46.4 Å². The molecule has 5 rings (SSSR count). The molecule has 0 aromatic carbocycles. The fourth-order valence-corrected chi connectivity index (χ4v) is 10.3. The highest BCUT2D eigenvalue weighted by atomic mass is 16.1. The molecule has 0 spiro atoms. The molecule has 3 nitrogen and oxygen atoms in total. The number of hydrogen-bond acceptors (Lipinski definition) is 2. The smallest absolute Gasteiger partial charge is 0.226 e. The van der Waals surface area contributed by atoms with Gasteiger partial charge in [0.1, 0.15) is 0 Å². The summed E-state index contributed by atoms with van der Waals surface area (Å²) in [7, 11) is 0. The molecule has 190 valence electrons. The largest absolute Gasteiger partial charge is 0.307 e. The van der Waals surface area contributed by atoms with Crippen molar-refractivity contribution >= 4 is 11.6 Å². The number of nitrogens with zero attached hydrogens (tertiary/aromatic N) is 1. The van der Waals surface area contributed by atoms with Gasteiger partial charge in [-0.25, -0.2) is 4.85 Å². The van der Waals surface area contributed by atoms with Gasteiger partial charge in [-0.05, 0) is 84.5 Å². The topological polar surface area (TPSA) is 38.5 Å². The van der Waals surface area contributed by atoms with Crippen LogP contribution >= 0.6 is 0 Å². The van der Waals surface area contributed by atoms with Crippen LogP contribution in [0.5, 0.6) is 0 Å². The lowest BCUT2D eigenvalue weighted by Crippen LogP contribution is -2.64. The molecular formula is C32H45NO2. The molecule has 0 bridgehead atoms. The van der Waals surface area contributed by atoms with E-state index in [1.54, 1.807) is 0 Å². The maximum absolute atomic E-state index is 14.3. The fraction of sp³-hybridized carbons (Fsp3) is 0.781. The lowest BCUT2D eigenvalue weighted by atomic mass is 9.34. The van der Waals surface area contributed by atoms with Crippen LogP contribution in [-0.2, 0) is 9.59 Å². The third-order valence-electron chi connectivity index (χ3n) is 12.7. The Morgan fingerprint density at radius 1 is 0.971 bits per heavy atom. The van der Waals surface area contributed by atoms with Gasteiger partial charge in [-0.3, -0.25) is 4.79 Å². The van der Waals surface area contributed by atoms with Gasteiger partial charge in [-0.1, -0.05) is 73.5 Å².